The topological polar surface area (TPSA) is 74.1 Å². The molecule has 0 aliphatic carbocycles. The van der Waals surface area contributed by atoms with Crippen molar-refractivity contribution in [2.45, 2.75) is 17.8 Å². The second-order valence-corrected chi connectivity index (χ2v) is 7.63. The van der Waals surface area contributed by atoms with Crippen LogP contribution in [0.25, 0.3) is 22.4 Å². The van der Waals surface area contributed by atoms with Crippen LogP contribution in [-0.4, -0.2) is 14.8 Å². The van der Waals surface area contributed by atoms with Crippen molar-refractivity contribution in [1.82, 2.24) is 14.8 Å². The molecule has 3 heterocycles. The van der Waals surface area contributed by atoms with Crippen molar-refractivity contribution in [3.63, 3.8) is 0 Å². The van der Waals surface area contributed by atoms with Crippen LogP contribution in [0.5, 0.6) is 0 Å². The van der Waals surface area contributed by atoms with E-state index in [1.165, 1.54) is 17.8 Å². The van der Waals surface area contributed by atoms with E-state index in [-0.39, 0.29) is 5.63 Å². The summed E-state index contributed by atoms with van der Waals surface area (Å²) in [6, 6.07) is 9.07. The predicted octanol–water partition coefficient (Wildman–Crippen LogP) is 4.54. The number of benzene rings is 1. The van der Waals surface area contributed by atoms with Crippen molar-refractivity contribution in [3.8, 4) is 11.4 Å². The molecule has 132 valence electrons. The molecular weight excluding hydrogens is 418 g/mol. The van der Waals surface area contributed by atoms with Crippen LogP contribution in [-0.2, 0) is 12.8 Å². The van der Waals surface area contributed by atoms with Crippen molar-refractivity contribution in [3.05, 3.63) is 62.8 Å². The second-order valence-electron chi connectivity index (χ2n) is 5.78. The number of rotatable bonds is 4. The number of halogens is 1. The van der Waals surface area contributed by atoms with Gasteiger partial charge in [-0.15, -0.1) is 10.2 Å². The first-order valence-corrected chi connectivity index (χ1v) is 9.60. The van der Waals surface area contributed by atoms with E-state index in [2.05, 4.69) is 26.1 Å². The molecule has 26 heavy (non-hydrogen) atoms. The third kappa shape index (κ3) is 3.10. The molecule has 1 aromatic carbocycles. The quantitative estimate of drug-likeness (QED) is 0.348. The number of hydrogen-bond donors (Lipinski definition) is 0. The molecule has 8 heteroatoms. The minimum atomic E-state index is -0.362. The fraction of sp³-hybridized carbons (Fsp3) is 0.167. The molecule has 0 saturated heterocycles. The Kier molecular flexibility index (Phi) is 4.46. The molecule has 4 rings (SSSR count). The molecule has 0 unspecified atom stereocenters. The van der Waals surface area contributed by atoms with Crippen LogP contribution < -0.4 is 5.63 Å². The van der Waals surface area contributed by atoms with E-state index in [9.17, 15) is 4.79 Å². The van der Waals surface area contributed by atoms with Gasteiger partial charge in [0.05, 0.1) is 11.8 Å². The summed E-state index contributed by atoms with van der Waals surface area (Å²) in [5.74, 6) is 2.13. The lowest BCUT2D eigenvalue weighted by atomic mass is 10.1. The van der Waals surface area contributed by atoms with Crippen LogP contribution >= 0.6 is 27.7 Å². The number of hydrogen-bond acceptors (Lipinski definition) is 6. The summed E-state index contributed by atoms with van der Waals surface area (Å²) >= 11 is 4.92. The van der Waals surface area contributed by atoms with Gasteiger partial charge in [-0.1, -0.05) is 27.7 Å². The van der Waals surface area contributed by atoms with E-state index >= 15 is 0 Å². The Labute approximate surface area is 161 Å². The molecule has 0 fully saturated rings. The molecule has 0 N–H and O–H groups in total. The highest BCUT2D eigenvalue weighted by atomic mass is 79.9. The molecule has 0 atom stereocenters. The third-order valence-electron chi connectivity index (χ3n) is 4.08. The molecule has 0 spiro atoms. The third-order valence-corrected chi connectivity index (χ3v) is 5.65. The van der Waals surface area contributed by atoms with Crippen molar-refractivity contribution >= 4 is 38.7 Å². The maximum atomic E-state index is 11.9. The Balaban J connectivity index is 1.65. The molecule has 4 aromatic rings. The minimum absolute atomic E-state index is 0.362. The normalized spacial score (nSPS) is 11.3. The minimum Gasteiger partial charge on any atom is -0.469 e. The lowest BCUT2D eigenvalue weighted by Gasteiger charge is -2.06. The molecular formula is C18H14BrN3O3S. The Morgan fingerprint density at radius 2 is 2.08 bits per heavy atom. The zero-order chi connectivity index (χ0) is 18.3. The summed E-state index contributed by atoms with van der Waals surface area (Å²) in [7, 11) is 1.92. The largest absolute Gasteiger partial charge is 0.469 e. The van der Waals surface area contributed by atoms with Crippen LogP contribution in [0.2, 0.25) is 0 Å². The predicted molar refractivity (Wildman–Crippen MR) is 103 cm³/mol. The van der Waals surface area contributed by atoms with Gasteiger partial charge in [0.1, 0.15) is 11.3 Å². The van der Waals surface area contributed by atoms with Crippen LogP contribution in [0.3, 0.4) is 0 Å². The van der Waals surface area contributed by atoms with E-state index in [0.717, 1.165) is 37.7 Å². The van der Waals surface area contributed by atoms with Gasteiger partial charge in [0.2, 0.25) is 0 Å². The average molecular weight is 432 g/mol. The van der Waals surface area contributed by atoms with Crippen molar-refractivity contribution < 1.29 is 8.83 Å². The molecule has 0 bridgehead atoms. The average Bonchev–Trinajstić information content (AvgIpc) is 3.17. The molecule has 3 aromatic heterocycles. The lowest BCUT2D eigenvalue weighted by Crippen LogP contribution is -2.00. The Hall–Kier alpha value is -2.32. The number of furan rings is 1. The summed E-state index contributed by atoms with van der Waals surface area (Å²) in [5.41, 5.74) is 2.02. The summed E-state index contributed by atoms with van der Waals surface area (Å²) in [4.78, 5) is 11.9. The molecule has 6 nitrogen and oxygen atoms in total. The number of thioether (sulfide) groups is 1. The molecule has 0 saturated carbocycles. The van der Waals surface area contributed by atoms with Crippen molar-refractivity contribution in [2.24, 2.45) is 7.05 Å². The summed E-state index contributed by atoms with van der Waals surface area (Å²) in [5, 5.41) is 10.2. The van der Waals surface area contributed by atoms with Crippen LogP contribution in [0, 0.1) is 6.92 Å². The smallest absolute Gasteiger partial charge is 0.336 e. The highest BCUT2D eigenvalue weighted by Crippen LogP contribution is 2.29. The van der Waals surface area contributed by atoms with Gasteiger partial charge in [0, 0.05) is 28.7 Å². The Bertz CT molecular complexity index is 1160. The number of fused-ring (bicyclic) bond motifs is 1. The maximum Gasteiger partial charge on any atom is 0.336 e. The summed E-state index contributed by atoms with van der Waals surface area (Å²) in [6.07, 6.45) is 1.64. The van der Waals surface area contributed by atoms with E-state index in [1.54, 1.807) is 12.3 Å². The summed E-state index contributed by atoms with van der Waals surface area (Å²) in [6.45, 7) is 1.89. The van der Waals surface area contributed by atoms with Crippen LogP contribution in [0.4, 0.5) is 0 Å². The SMILES string of the molecule is Cc1occc1-c1nnc(SCc2cc(=O)oc3cc(Br)ccc23)n1C. The molecule has 0 radical (unpaired) electrons. The fourth-order valence-electron chi connectivity index (χ4n) is 2.76. The van der Waals surface area contributed by atoms with Gasteiger partial charge in [0.25, 0.3) is 0 Å². The maximum absolute atomic E-state index is 11.9. The number of aromatic nitrogens is 3. The monoisotopic (exact) mass is 431 g/mol. The first kappa shape index (κ1) is 17.1. The van der Waals surface area contributed by atoms with Gasteiger partial charge in [0.15, 0.2) is 11.0 Å². The fourth-order valence-corrected chi connectivity index (χ4v) is 4.00. The number of aryl methyl sites for hydroxylation is 1. The van der Waals surface area contributed by atoms with Gasteiger partial charge in [-0.05, 0) is 36.8 Å². The highest BCUT2D eigenvalue weighted by Gasteiger charge is 2.15. The van der Waals surface area contributed by atoms with Gasteiger partial charge in [-0.3, -0.25) is 0 Å². The molecule has 0 aliphatic rings. The standard InChI is InChI=1S/C18H14BrN3O3S/c1-10-13(5-6-24-10)17-20-21-18(22(17)2)26-9-11-7-16(23)25-15-8-12(19)3-4-14(11)15/h3-8H,9H2,1-2H3. The zero-order valence-electron chi connectivity index (χ0n) is 14.0. The second kappa shape index (κ2) is 6.77. The van der Waals surface area contributed by atoms with Crippen molar-refractivity contribution in [1.29, 1.82) is 0 Å². The Morgan fingerprint density at radius 3 is 2.85 bits per heavy atom. The van der Waals surface area contributed by atoms with E-state index in [0.29, 0.717) is 11.3 Å². The van der Waals surface area contributed by atoms with Gasteiger partial charge in [-0.25, -0.2) is 4.79 Å². The molecule has 0 aliphatic heterocycles. The Morgan fingerprint density at radius 1 is 1.23 bits per heavy atom. The van der Waals surface area contributed by atoms with Crippen LogP contribution in [0.1, 0.15) is 11.3 Å². The first-order valence-electron chi connectivity index (χ1n) is 7.82. The van der Waals surface area contributed by atoms with Gasteiger partial charge < -0.3 is 13.4 Å². The summed E-state index contributed by atoms with van der Waals surface area (Å²) < 4.78 is 13.4. The van der Waals surface area contributed by atoms with E-state index < -0.39 is 0 Å². The highest BCUT2D eigenvalue weighted by molar-refractivity contribution is 9.10. The lowest BCUT2D eigenvalue weighted by molar-refractivity contribution is 0.534. The van der Waals surface area contributed by atoms with E-state index in [4.69, 9.17) is 8.83 Å². The van der Waals surface area contributed by atoms with Gasteiger partial charge in [-0.2, -0.15) is 0 Å². The molecule has 0 amide bonds. The van der Waals surface area contributed by atoms with Gasteiger partial charge >= 0.3 is 5.63 Å². The van der Waals surface area contributed by atoms with Crippen molar-refractivity contribution in [2.75, 3.05) is 0 Å². The number of nitrogens with zero attached hydrogens (tertiary/aromatic N) is 3. The zero-order valence-corrected chi connectivity index (χ0v) is 16.4. The van der Waals surface area contributed by atoms with Crippen LogP contribution in [0.15, 0.2) is 59.9 Å². The van der Waals surface area contributed by atoms with E-state index in [1.807, 2.05) is 36.7 Å². The first-order chi connectivity index (χ1) is 12.5.